The highest BCUT2D eigenvalue weighted by Gasteiger charge is 2.50. The topological polar surface area (TPSA) is 85.3 Å². The van der Waals surface area contributed by atoms with E-state index in [1.165, 1.54) is 18.9 Å². The summed E-state index contributed by atoms with van der Waals surface area (Å²) in [5.74, 6) is 0.875. The third kappa shape index (κ3) is 4.68. The molecule has 0 radical (unpaired) electrons. The molecule has 0 saturated carbocycles. The van der Waals surface area contributed by atoms with Gasteiger partial charge in [0.2, 0.25) is 0 Å². The van der Waals surface area contributed by atoms with Gasteiger partial charge in [-0.15, -0.1) is 0 Å². The molecule has 4 rings (SSSR count). The van der Waals surface area contributed by atoms with Gasteiger partial charge in [-0.3, -0.25) is 4.79 Å². The van der Waals surface area contributed by atoms with Crippen LogP contribution in [0.2, 0.25) is 5.02 Å². The molecular weight excluding hydrogens is 460 g/mol. The monoisotopic (exact) mass is 480 g/mol. The highest BCUT2D eigenvalue weighted by molar-refractivity contribution is 8.16. The molecule has 2 aliphatic heterocycles. The third-order valence-corrected chi connectivity index (χ3v) is 8.66. The summed E-state index contributed by atoms with van der Waals surface area (Å²) < 4.78 is 35.3. The highest BCUT2D eigenvalue weighted by Crippen LogP contribution is 2.44. The molecule has 2 aromatic carbocycles. The Hall–Kier alpha value is -2.23. The van der Waals surface area contributed by atoms with Gasteiger partial charge >= 0.3 is 0 Å². The van der Waals surface area contributed by atoms with E-state index >= 15 is 0 Å². The number of hydrogen-bond acceptors (Lipinski definition) is 6. The van der Waals surface area contributed by atoms with Gasteiger partial charge in [0.15, 0.2) is 15.0 Å². The first-order valence-corrected chi connectivity index (χ1v) is 12.6. The van der Waals surface area contributed by atoms with Crippen molar-refractivity contribution in [1.29, 1.82) is 0 Å². The Morgan fingerprint density at radius 3 is 2.58 bits per heavy atom. The van der Waals surface area contributed by atoms with E-state index < -0.39 is 9.84 Å². The minimum Gasteiger partial charge on any atom is -0.497 e. The lowest BCUT2D eigenvalue weighted by atomic mass is 10.1. The van der Waals surface area contributed by atoms with Gasteiger partial charge in [-0.1, -0.05) is 35.5 Å². The summed E-state index contributed by atoms with van der Waals surface area (Å²) >= 11 is 7.23. The zero-order valence-corrected chi connectivity index (χ0v) is 19.3. The number of rotatable bonds is 5. The zero-order chi connectivity index (χ0) is 22.2. The van der Waals surface area contributed by atoms with E-state index in [9.17, 15) is 13.2 Å². The molecule has 164 valence electrons. The summed E-state index contributed by atoms with van der Waals surface area (Å²) in [4.78, 5) is 18.9. The number of methoxy groups -OCH3 is 2. The van der Waals surface area contributed by atoms with Crippen molar-refractivity contribution in [3.63, 3.8) is 0 Å². The molecule has 0 aromatic heterocycles. The van der Waals surface area contributed by atoms with Crippen molar-refractivity contribution < 1.29 is 22.7 Å². The van der Waals surface area contributed by atoms with Crippen molar-refractivity contribution in [3.05, 3.63) is 53.1 Å². The first kappa shape index (κ1) is 22.0. The molecule has 2 aliphatic rings. The van der Waals surface area contributed by atoms with Crippen LogP contribution in [0.15, 0.2) is 47.5 Å². The second kappa shape index (κ2) is 8.72. The van der Waals surface area contributed by atoms with Crippen LogP contribution in [0.25, 0.3) is 0 Å². The number of carbonyl (C=O) groups is 1. The Labute approximate surface area is 190 Å². The summed E-state index contributed by atoms with van der Waals surface area (Å²) in [6, 6.07) is 12.0. The van der Waals surface area contributed by atoms with E-state index in [4.69, 9.17) is 21.1 Å². The lowest BCUT2D eigenvalue weighted by molar-refractivity contribution is -0.117. The van der Waals surface area contributed by atoms with Crippen LogP contribution in [0.1, 0.15) is 5.56 Å². The van der Waals surface area contributed by atoms with Crippen LogP contribution in [0, 0.1) is 0 Å². The van der Waals surface area contributed by atoms with Crippen LogP contribution < -0.4 is 14.4 Å². The second-order valence-electron chi connectivity index (χ2n) is 7.30. The summed E-state index contributed by atoms with van der Waals surface area (Å²) in [6.45, 7) is 0. The minimum absolute atomic E-state index is 0.00421. The SMILES string of the molecule is COc1ccc(N2C(=NC(=O)Cc3ccc(Cl)cc3)SC3CS(=O)(=O)CC32)c(OC)c1. The van der Waals surface area contributed by atoms with Crippen molar-refractivity contribution in [1.82, 2.24) is 0 Å². The first-order valence-electron chi connectivity index (χ1n) is 9.54. The molecule has 0 bridgehead atoms. The summed E-state index contributed by atoms with van der Waals surface area (Å²) in [5.41, 5.74) is 1.46. The maximum Gasteiger partial charge on any atom is 0.252 e. The number of amidine groups is 1. The Bertz CT molecular complexity index is 1130. The van der Waals surface area contributed by atoms with E-state index in [1.807, 2.05) is 4.90 Å². The van der Waals surface area contributed by atoms with Gasteiger partial charge in [0.05, 0.1) is 43.9 Å². The fourth-order valence-corrected chi connectivity index (χ4v) is 7.80. The number of hydrogen-bond donors (Lipinski definition) is 0. The molecule has 2 fully saturated rings. The normalized spacial score (nSPS) is 23.1. The average molecular weight is 481 g/mol. The van der Waals surface area contributed by atoms with Crippen LogP contribution in [0.4, 0.5) is 5.69 Å². The number of carbonyl (C=O) groups excluding carboxylic acids is 1. The number of aliphatic imine (C=N–C) groups is 1. The molecule has 0 N–H and O–H groups in total. The molecule has 31 heavy (non-hydrogen) atoms. The van der Waals surface area contributed by atoms with E-state index in [0.29, 0.717) is 27.4 Å². The van der Waals surface area contributed by atoms with Gasteiger partial charge in [0.1, 0.15) is 11.5 Å². The lowest BCUT2D eigenvalue weighted by Gasteiger charge is -2.26. The predicted octanol–water partition coefficient (Wildman–Crippen LogP) is 3.20. The molecule has 1 amide bonds. The number of benzene rings is 2. The van der Waals surface area contributed by atoms with E-state index in [2.05, 4.69) is 4.99 Å². The number of amides is 1. The fraction of sp³-hybridized carbons (Fsp3) is 0.333. The summed E-state index contributed by atoms with van der Waals surface area (Å²) in [6.07, 6.45) is 0.127. The zero-order valence-electron chi connectivity index (χ0n) is 16.9. The number of thioether (sulfide) groups is 1. The molecule has 0 spiro atoms. The first-order chi connectivity index (χ1) is 14.8. The molecule has 2 aromatic rings. The van der Waals surface area contributed by atoms with E-state index in [1.54, 1.807) is 49.6 Å². The molecule has 2 atom stereocenters. The van der Waals surface area contributed by atoms with Gasteiger partial charge in [-0.25, -0.2) is 8.42 Å². The fourth-order valence-electron chi connectivity index (χ4n) is 3.75. The van der Waals surface area contributed by atoms with Gasteiger partial charge in [-0.2, -0.15) is 4.99 Å². The number of ether oxygens (including phenoxy) is 2. The van der Waals surface area contributed by atoms with Crippen LogP contribution in [0.5, 0.6) is 11.5 Å². The standard InChI is InChI=1S/C21H21ClN2O5S2/c1-28-15-7-8-16(18(10-15)29-2)24-17-11-31(26,27)12-19(17)30-21(24)23-20(25)9-13-3-5-14(22)6-4-13/h3-8,10,17,19H,9,11-12H2,1-2H3. The van der Waals surface area contributed by atoms with E-state index in [0.717, 1.165) is 5.56 Å². The number of nitrogens with zero attached hydrogens (tertiary/aromatic N) is 2. The van der Waals surface area contributed by atoms with Crippen molar-refractivity contribution in [2.75, 3.05) is 30.6 Å². The maximum absolute atomic E-state index is 12.7. The van der Waals surface area contributed by atoms with Crippen LogP contribution >= 0.6 is 23.4 Å². The molecule has 2 heterocycles. The van der Waals surface area contributed by atoms with Crippen LogP contribution in [-0.2, 0) is 21.1 Å². The summed E-state index contributed by atoms with van der Waals surface area (Å²) in [7, 11) is -0.0716. The molecule has 0 aliphatic carbocycles. The number of anilines is 1. The summed E-state index contributed by atoms with van der Waals surface area (Å²) in [5, 5.41) is 0.881. The molecule has 2 unspecified atom stereocenters. The maximum atomic E-state index is 12.7. The van der Waals surface area contributed by atoms with Crippen molar-refractivity contribution in [2.24, 2.45) is 4.99 Å². The molecule has 2 saturated heterocycles. The van der Waals surface area contributed by atoms with Gasteiger partial charge in [0.25, 0.3) is 5.91 Å². The van der Waals surface area contributed by atoms with Crippen molar-refractivity contribution in [2.45, 2.75) is 17.7 Å². The second-order valence-corrected chi connectivity index (χ2v) is 11.1. The predicted molar refractivity (Wildman–Crippen MR) is 123 cm³/mol. The quantitative estimate of drug-likeness (QED) is 0.649. The largest absolute Gasteiger partial charge is 0.497 e. The lowest BCUT2D eigenvalue weighted by Crippen LogP contribution is -2.38. The van der Waals surface area contributed by atoms with Crippen molar-refractivity contribution >= 4 is 50.0 Å². The smallest absolute Gasteiger partial charge is 0.252 e. The minimum atomic E-state index is -3.16. The molecular formula is C21H21ClN2O5S2. The number of halogens is 1. The molecule has 7 nitrogen and oxygen atoms in total. The Kier molecular flexibility index (Phi) is 6.18. The number of sulfone groups is 1. The average Bonchev–Trinajstić information content (AvgIpc) is 3.19. The van der Waals surface area contributed by atoms with E-state index in [-0.39, 0.29) is 35.1 Å². The van der Waals surface area contributed by atoms with Gasteiger partial charge in [-0.05, 0) is 29.8 Å². The third-order valence-electron chi connectivity index (χ3n) is 5.20. The van der Waals surface area contributed by atoms with Crippen LogP contribution in [0.3, 0.4) is 0 Å². The number of fused-ring (bicyclic) bond motifs is 1. The van der Waals surface area contributed by atoms with Gasteiger partial charge < -0.3 is 14.4 Å². The Morgan fingerprint density at radius 2 is 1.90 bits per heavy atom. The highest BCUT2D eigenvalue weighted by atomic mass is 35.5. The molecule has 10 heteroatoms. The van der Waals surface area contributed by atoms with Crippen molar-refractivity contribution in [3.8, 4) is 11.5 Å². The Balaban J connectivity index is 1.69. The van der Waals surface area contributed by atoms with Crippen LogP contribution in [-0.4, -0.2) is 56.5 Å². The Morgan fingerprint density at radius 1 is 1.16 bits per heavy atom. The van der Waals surface area contributed by atoms with Gasteiger partial charge in [0, 0.05) is 16.3 Å².